The van der Waals surface area contributed by atoms with Crippen molar-refractivity contribution in [2.45, 2.75) is 44.2 Å². The lowest BCUT2D eigenvalue weighted by atomic mass is 9.93. The van der Waals surface area contributed by atoms with E-state index in [1.807, 2.05) is 0 Å². The predicted molar refractivity (Wildman–Crippen MR) is 50.1 cm³/mol. The van der Waals surface area contributed by atoms with Crippen LogP contribution in [0.5, 0.6) is 0 Å². The second kappa shape index (κ2) is 5.19. The van der Waals surface area contributed by atoms with Gasteiger partial charge in [0.05, 0.1) is 6.10 Å². The zero-order valence-corrected chi connectivity index (χ0v) is 7.83. The molecule has 4 heteroatoms. The zero-order chi connectivity index (χ0) is 9.68. The molecule has 1 fully saturated rings. The van der Waals surface area contributed by atoms with Gasteiger partial charge < -0.3 is 16.2 Å². The Morgan fingerprint density at radius 3 is 2.54 bits per heavy atom. The van der Waals surface area contributed by atoms with Gasteiger partial charge in [-0.05, 0) is 25.7 Å². The molecule has 1 saturated carbocycles. The maximum Gasteiger partial charge on any atom is 0.218 e. The van der Waals surface area contributed by atoms with Crippen LogP contribution in [-0.2, 0) is 4.79 Å². The Bertz CT molecular complexity index is 165. The van der Waals surface area contributed by atoms with E-state index in [1.165, 1.54) is 0 Å². The van der Waals surface area contributed by atoms with Crippen LogP contribution in [0.1, 0.15) is 32.1 Å². The minimum atomic E-state index is -0.261. The van der Waals surface area contributed by atoms with Crippen molar-refractivity contribution in [2.75, 3.05) is 6.54 Å². The van der Waals surface area contributed by atoms with Crippen molar-refractivity contribution in [1.82, 2.24) is 5.32 Å². The van der Waals surface area contributed by atoms with E-state index in [0.29, 0.717) is 19.0 Å². The summed E-state index contributed by atoms with van der Waals surface area (Å²) in [5.41, 5.74) is 5.01. The summed E-state index contributed by atoms with van der Waals surface area (Å²) in [5, 5.41) is 12.5. The summed E-state index contributed by atoms with van der Waals surface area (Å²) < 4.78 is 0. The van der Waals surface area contributed by atoms with E-state index < -0.39 is 0 Å². The van der Waals surface area contributed by atoms with Crippen molar-refractivity contribution < 1.29 is 9.90 Å². The second-order valence-electron chi connectivity index (χ2n) is 3.68. The lowest BCUT2D eigenvalue weighted by molar-refractivity contribution is -0.117. The smallest absolute Gasteiger partial charge is 0.218 e. The SMILES string of the molecule is NC(=O)CCNC1CCC(O)CC1. The summed E-state index contributed by atoms with van der Waals surface area (Å²) in [7, 11) is 0. The Kier molecular flexibility index (Phi) is 4.18. The Morgan fingerprint density at radius 1 is 1.38 bits per heavy atom. The van der Waals surface area contributed by atoms with Gasteiger partial charge in [0.15, 0.2) is 0 Å². The largest absolute Gasteiger partial charge is 0.393 e. The fourth-order valence-corrected chi connectivity index (χ4v) is 1.68. The fourth-order valence-electron chi connectivity index (χ4n) is 1.68. The number of carbonyl (C=O) groups excluding carboxylic acids is 1. The number of carbonyl (C=O) groups is 1. The molecule has 1 aliphatic carbocycles. The van der Waals surface area contributed by atoms with Gasteiger partial charge in [-0.3, -0.25) is 4.79 Å². The van der Waals surface area contributed by atoms with Gasteiger partial charge in [-0.25, -0.2) is 0 Å². The lowest BCUT2D eigenvalue weighted by Crippen LogP contribution is -2.36. The first kappa shape index (κ1) is 10.5. The third kappa shape index (κ3) is 4.24. The molecule has 0 saturated heterocycles. The molecule has 1 rings (SSSR count). The number of aliphatic hydroxyl groups excluding tert-OH is 1. The Balaban J connectivity index is 2.05. The van der Waals surface area contributed by atoms with E-state index in [4.69, 9.17) is 5.73 Å². The average molecular weight is 186 g/mol. The van der Waals surface area contributed by atoms with E-state index in [2.05, 4.69) is 5.32 Å². The molecule has 4 N–H and O–H groups in total. The highest BCUT2D eigenvalue weighted by atomic mass is 16.3. The third-order valence-electron chi connectivity index (χ3n) is 2.50. The van der Waals surface area contributed by atoms with E-state index in [-0.39, 0.29) is 12.0 Å². The molecule has 4 nitrogen and oxygen atoms in total. The maximum absolute atomic E-state index is 10.4. The van der Waals surface area contributed by atoms with Gasteiger partial charge >= 0.3 is 0 Å². The summed E-state index contributed by atoms with van der Waals surface area (Å²) in [5.74, 6) is -0.261. The minimum absolute atomic E-state index is 0.116. The molecule has 0 atom stereocenters. The Hall–Kier alpha value is -0.610. The van der Waals surface area contributed by atoms with Gasteiger partial charge in [-0.2, -0.15) is 0 Å². The zero-order valence-electron chi connectivity index (χ0n) is 7.83. The van der Waals surface area contributed by atoms with Gasteiger partial charge in [0.1, 0.15) is 0 Å². The van der Waals surface area contributed by atoms with E-state index in [1.54, 1.807) is 0 Å². The predicted octanol–water partition coefficient (Wildman–Crippen LogP) is -0.245. The number of rotatable bonds is 4. The maximum atomic E-state index is 10.4. The van der Waals surface area contributed by atoms with E-state index >= 15 is 0 Å². The summed E-state index contributed by atoms with van der Waals surface area (Å²) in [6, 6.07) is 0.461. The average Bonchev–Trinajstić information content (AvgIpc) is 2.08. The van der Waals surface area contributed by atoms with E-state index in [0.717, 1.165) is 25.7 Å². The fraction of sp³-hybridized carbons (Fsp3) is 0.889. The van der Waals surface area contributed by atoms with Crippen LogP contribution >= 0.6 is 0 Å². The van der Waals surface area contributed by atoms with Gasteiger partial charge in [-0.15, -0.1) is 0 Å². The molecular weight excluding hydrogens is 168 g/mol. The number of amides is 1. The molecule has 0 aromatic rings. The van der Waals surface area contributed by atoms with Crippen LogP contribution in [0.3, 0.4) is 0 Å². The number of nitrogens with two attached hydrogens (primary N) is 1. The van der Waals surface area contributed by atoms with Gasteiger partial charge in [0.25, 0.3) is 0 Å². The van der Waals surface area contributed by atoms with Gasteiger partial charge in [0.2, 0.25) is 5.91 Å². The van der Waals surface area contributed by atoms with Gasteiger partial charge in [0, 0.05) is 19.0 Å². The molecule has 13 heavy (non-hydrogen) atoms. The van der Waals surface area contributed by atoms with Crippen LogP contribution in [0.2, 0.25) is 0 Å². The number of aliphatic hydroxyl groups is 1. The topological polar surface area (TPSA) is 75.4 Å². The minimum Gasteiger partial charge on any atom is -0.393 e. The van der Waals surface area contributed by atoms with Crippen molar-refractivity contribution in [3.05, 3.63) is 0 Å². The Labute approximate surface area is 78.5 Å². The molecule has 0 heterocycles. The van der Waals surface area contributed by atoms with E-state index in [9.17, 15) is 9.90 Å². The quantitative estimate of drug-likeness (QED) is 0.567. The normalized spacial score (nSPS) is 28.7. The second-order valence-corrected chi connectivity index (χ2v) is 3.68. The monoisotopic (exact) mass is 186 g/mol. The molecule has 0 spiro atoms. The number of hydrogen-bond donors (Lipinski definition) is 3. The first-order chi connectivity index (χ1) is 6.18. The number of hydrogen-bond acceptors (Lipinski definition) is 3. The van der Waals surface area contributed by atoms with Gasteiger partial charge in [-0.1, -0.05) is 0 Å². The van der Waals surface area contributed by atoms with Crippen LogP contribution < -0.4 is 11.1 Å². The van der Waals surface area contributed by atoms with Crippen LogP contribution in [0.15, 0.2) is 0 Å². The summed E-state index contributed by atoms with van der Waals surface area (Å²) in [4.78, 5) is 10.4. The summed E-state index contributed by atoms with van der Waals surface area (Å²) in [6.45, 7) is 0.663. The highest BCUT2D eigenvalue weighted by Crippen LogP contribution is 2.17. The standard InChI is InChI=1S/C9H18N2O2/c10-9(13)5-6-11-7-1-3-8(12)4-2-7/h7-8,11-12H,1-6H2,(H2,10,13). The lowest BCUT2D eigenvalue weighted by Gasteiger charge is -2.26. The van der Waals surface area contributed by atoms with Crippen LogP contribution in [0, 0.1) is 0 Å². The summed E-state index contributed by atoms with van der Waals surface area (Å²) >= 11 is 0. The van der Waals surface area contributed by atoms with Crippen molar-refractivity contribution in [1.29, 1.82) is 0 Å². The van der Waals surface area contributed by atoms with Crippen LogP contribution in [0.25, 0.3) is 0 Å². The summed E-state index contributed by atoms with van der Waals surface area (Å²) in [6.07, 6.45) is 4.02. The molecule has 1 amide bonds. The van der Waals surface area contributed by atoms with Crippen LogP contribution in [0.4, 0.5) is 0 Å². The van der Waals surface area contributed by atoms with Crippen molar-refractivity contribution >= 4 is 5.91 Å². The highest BCUT2D eigenvalue weighted by molar-refractivity contribution is 5.73. The highest BCUT2D eigenvalue weighted by Gasteiger charge is 2.18. The van der Waals surface area contributed by atoms with Crippen LogP contribution in [-0.4, -0.2) is 29.7 Å². The molecule has 0 radical (unpaired) electrons. The molecule has 1 aliphatic rings. The number of primary amides is 1. The molecule has 0 aromatic carbocycles. The molecule has 0 bridgehead atoms. The molecule has 0 unspecified atom stereocenters. The molecular formula is C9H18N2O2. The van der Waals surface area contributed by atoms with Crippen molar-refractivity contribution in [3.8, 4) is 0 Å². The number of nitrogens with one attached hydrogen (secondary N) is 1. The van der Waals surface area contributed by atoms with Crippen molar-refractivity contribution in [3.63, 3.8) is 0 Å². The molecule has 76 valence electrons. The molecule has 0 aliphatic heterocycles. The van der Waals surface area contributed by atoms with Crippen molar-refractivity contribution in [2.24, 2.45) is 5.73 Å². The Morgan fingerprint density at radius 2 is 2.00 bits per heavy atom. The first-order valence-electron chi connectivity index (χ1n) is 4.88. The third-order valence-corrected chi connectivity index (χ3v) is 2.50. The molecule has 0 aromatic heterocycles. The first-order valence-corrected chi connectivity index (χ1v) is 4.88.